The van der Waals surface area contributed by atoms with Crippen molar-refractivity contribution in [3.63, 3.8) is 0 Å². The molecular formula is C33H41N5O6S. The number of nitrogens with zero attached hydrogens (tertiary/aromatic N) is 4. The predicted molar refractivity (Wildman–Crippen MR) is 171 cm³/mol. The fourth-order valence-electron chi connectivity index (χ4n) is 5.56. The molecule has 0 radical (unpaired) electrons. The van der Waals surface area contributed by atoms with E-state index in [-0.39, 0.29) is 36.6 Å². The van der Waals surface area contributed by atoms with Gasteiger partial charge < -0.3 is 19.9 Å². The Bertz CT molecular complexity index is 1780. The van der Waals surface area contributed by atoms with Gasteiger partial charge in [0, 0.05) is 25.6 Å². The number of hydrogen-bond donors (Lipinski definition) is 2. The number of aromatic nitrogens is 3. The molecule has 0 saturated carbocycles. The number of fused-ring (bicyclic) bond motifs is 2. The number of carbonyl (C=O) groups excluding carboxylic acids is 1. The van der Waals surface area contributed by atoms with E-state index in [1.165, 1.54) is 4.31 Å². The Kier molecular flexibility index (Phi) is 9.47. The Morgan fingerprint density at radius 2 is 1.87 bits per heavy atom. The average Bonchev–Trinajstić information content (AvgIpc) is 3.34. The molecule has 1 aromatic heterocycles. The lowest BCUT2D eigenvalue weighted by atomic mass is 9.87. The third-order valence-corrected chi connectivity index (χ3v) is 9.58. The number of aliphatic hydroxyl groups excluding tert-OH is 1. The second-order valence-corrected chi connectivity index (χ2v) is 14.3. The van der Waals surface area contributed by atoms with Crippen LogP contribution < -0.4 is 10.1 Å². The van der Waals surface area contributed by atoms with Gasteiger partial charge in [-0.2, -0.15) is 4.31 Å². The number of aryl methyl sites for hydroxylation is 1. The molecule has 0 bridgehead atoms. The number of carbonyl (C=O) groups is 1. The van der Waals surface area contributed by atoms with Gasteiger partial charge >= 0.3 is 6.09 Å². The Hall–Kier alpha value is -4.00. The van der Waals surface area contributed by atoms with Crippen LogP contribution in [0.3, 0.4) is 0 Å². The van der Waals surface area contributed by atoms with Crippen LogP contribution in [0.15, 0.2) is 65.6 Å². The fraction of sp³-hybridized carbons (Fsp3) is 0.424. The predicted octanol–water partition coefficient (Wildman–Crippen LogP) is 4.75. The molecule has 2 atom stereocenters. The van der Waals surface area contributed by atoms with Crippen LogP contribution in [0.1, 0.15) is 62.3 Å². The van der Waals surface area contributed by atoms with E-state index in [9.17, 15) is 18.3 Å². The van der Waals surface area contributed by atoms with Gasteiger partial charge in [-0.05, 0) is 87.6 Å². The first-order valence-corrected chi connectivity index (χ1v) is 16.6. The van der Waals surface area contributed by atoms with E-state index in [4.69, 9.17) is 9.47 Å². The highest BCUT2D eigenvalue weighted by Crippen LogP contribution is 2.34. The van der Waals surface area contributed by atoms with Gasteiger partial charge in [-0.1, -0.05) is 41.6 Å². The minimum absolute atomic E-state index is 0.0267. The first kappa shape index (κ1) is 32.4. The van der Waals surface area contributed by atoms with Gasteiger partial charge in [0.05, 0.1) is 18.6 Å². The van der Waals surface area contributed by atoms with E-state index in [1.54, 1.807) is 28.9 Å². The number of sulfonamides is 1. The maximum absolute atomic E-state index is 13.7. The molecule has 0 aliphatic carbocycles. The summed E-state index contributed by atoms with van der Waals surface area (Å²) >= 11 is 0. The molecule has 4 aromatic rings. The van der Waals surface area contributed by atoms with Crippen molar-refractivity contribution >= 4 is 27.1 Å². The summed E-state index contributed by atoms with van der Waals surface area (Å²) in [6.07, 6.45) is -0.329. The van der Waals surface area contributed by atoms with Crippen LogP contribution in [-0.4, -0.2) is 70.3 Å². The molecule has 12 heteroatoms. The van der Waals surface area contributed by atoms with E-state index in [1.807, 2.05) is 71.0 Å². The molecular weight excluding hydrogens is 594 g/mol. The molecule has 1 aliphatic rings. The van der Waals surface area contributed by atoms with E-state index in [0.717, 1.165) is 27.8 Å². The summed E-state index contributed by atoms with van der Waals surface area (Å²) in [6.45, 7) is 10.4. The monoisotopic (exact) mass is 635 g/mol. The van der Waals surface area contributed by atoms with Crippen molar-refractivity contribution < 1.29 is 27.8 Å². The van der Waals surface area contributed by atoms with Crippen molar-refractivity contribution in [3.8, 4) is 5.75 Å². The highest BCUT2D eigenvalue weighted by Gasteiger charge is 2.33. The zero-order valence-electron chi connectivity index (χ0n) is 26.4. The summed E-state index contributed by atoms with van der Waals surface area (Å²) in [7, 11) is -3.78. The van der Waals surface area contributed by atoms with Crippen molar-refractivity contribution in [2.24, 2.45) is 0 Å². The largest absolute Gasteiger partial charge is 0.488 e. The molecule has 0 spiro atoms. The molecule has 1 aliphatic heterocycles. The first-order valence-electron chi connectivity index (χ1n) is 15.1. The van der Waals surface area contributed by atoms with Crippen molar-refractivity contribution in [2.45, 2.75) is 76.6 Å². The van der Waals surface area contributed by atoms with Crippen LogP contribution in [0.4, 0.5) is 4.79 Å². The van der Waals surface area contributed by atoms with Gasteiger partial charge in [0.15, 0.2) is 0 Å². The highest BCUT2D eigenvalue weighted by molar-refractivity contribution is 7.89. The summed E-state index contributed by atoms with van der Waals surface area (Å²) in [5.41, 5.74) is 4.73. The van der Waals surface area contributed by atoms with Crippen molar-refractivity contribution in [2.75, 3.05) is 19.7 Å². The SMILES string of the molecule is Cc1ccc(C(CCO)c2ccc3c(c2)nnn3CCNC(=O)OC(C)(C)C)cc1CN1C[C@@H](C)Oc2ccccc2S1(=O)=O. The summed E-state index contributed by atoms with van der Waals surface area (Å²) < 4.78 is 41.8. The number of para-hydroxylation sites is 1. The van der Waals surface area contributed by atoms with Gasteiger partial charge in [-0.25, -0.2) is 17.9 Å². The lowest BCUT2D eigenvalue weighted by molar-refractivity contribution is 0.0525. The molecule has 2 heterocycles. The lowest BCUT2D eigenvalue weighted by Gasteiger charge is -2.24. The quantitative estimate of drug-likeness (QED) is 0.269. The smallest absolute Gasteiger partial charge is 0.407 e. The summed E-state index contributed by atoms with van der Waals surface area (Å²) in [5.74, 6) is 0.217. The maximum atomic E-state index is 13.7. The van der Waals surface area contributed by atoms with Crippen molar-refractivity contribution in [1.82, 2.24) is 24.6 Å². The molecule has 0 fully saturated rings. The van der Waals surface area contributed by atoms with Crippen LogP contribution in [0.2, 0.25) is 0 Å². The lowest BCUT2D eigenvalue weighted by Crippen LogP contribution is -2.35. The third kappa shape index (κ3) is 7.46. The molecule has 0 saturated heterocycles. The number of hydrogen-bond acceptors (Lipinski definition) is 8. The van der Waals surface area contributed by atoms with E-state index in [2.05, 4.69) is 15.6 Å². The van der Waals surface area contributed by atoms with Crippen LogP contribution in [-0.2, 0) is 27.8 Å². The second kappa shape index (κ2) is 13.2. The molecule has 240 valence electrons. The molecule has 11 nitrogen and oxygen atoms in total. The normalized spacial score (nSPS) is 17.2. The van der Waals surface area contributed by atoms with E-state index >= 15 is 0 Å². The van der Waals surface area contributed by atoms with Gasteiger partial charge in [0.1, 0.15) is 27.9 Å². The Morgan fingerprint density at radius 1 is 1.13 bits per heavy atom. The van der Waals surface area contributed by atoms with E-state index in [0.29, 0.717) is 30.8 Å². The number of nitrogens with one attached hydrogen (secondary N) is 1. The minimum atomic E-state index is -3.78. The Morgan fingerprint density at radius 3 is 2.62 bits per heavy atom. The molecule has 45 heavy (non-hydrogen) atoms. The van der Waals surface area contributed by atoms with Gasteiger partial charge in [0.25, 0.3) is 0 Å². The summed E-state index contributed by atoms with van der Waals surface area (Å²) in [4.78, 5) is 12.2. The van der Waals surface area contributed by atoms with Gasteiger partial charge in [0.2, 0.25) is 10.0 Å². The number of ether oxygens (including phenoxy) is 2. The number of aliphatic hydroxyl groups is 1. The van der Waals surface area contributed by atoms with Gasteiger partial charge in [-0.3, -0.25) is 0 Å². The van der Waals surface area contributed by atoms with Crippen LogP contribution >= 0.6 is 0 Å². The third-order valence-electron chi connectivity index (χ3n) is 7.73. The molecule has 1 unspecified atom stereocenters. The number of rotatable bonds is 9. The first-order chi connectivity index (χ1) is 21.4. The highest BCUT2D eigenvalue weighted by atomic mass is 32.2. The molecule has 1 amide bonds. The standard InChI is InChI=1S/C33H41N5O6S/c1-22-10-11-24(18-26(22)21-37-20-23(2)43-30-8-6-7-9-31(30)45(37,41)42)27(14-17-39)25-12-13-29-28(19-25)35-36-38(29)16-15-34-32(40)44-33(3,4)5/h6-13,18-19,23,27,39H,14-17,20-21H2,1-5H3,(H,34,40)/t23-,27?/m1/s1. The Labute approximate surface area is 264 Å². The maximum Gasteiger partial charge on any atom is 0.407 e. The topological polar surface area (TPSA) is 136 Å². The van der Waals surface area contributed by atoms with Crippen LogP contribution in [0.25, 0.3) is 11.0 Å². The number of amides is 1. The zero-order chi connectivity index (χ0) is 32.4. The number of benzene rings is 3. The zero-order valence-corrected chi connectivity index (χ0v) is 27.2. The van der Waals surface area contributed by atoms with Crippen molar-refractivity contribution in [3.05, 3.63) is 82.9 Å². The average molecular weight is 636 g/mol. The molecule has 5 rings (SSSR count). The number of alkyl carbamates (subject to hydrolysis) is 1. The van der Waals surface area contributed by atoms with Crippen molar-refractivity contribution in [1.29, 1.82) is 0 Å². The van der Waals surface area contributed by atoms with Gasteiger partial charge in [-0.15, -0.1) is 5.10 Å². The van der Waals surface area contributed by atoms with Crippen LogP contribution in [0, 0.1) is 6.92 Å². The Balaban J connectivity index is 1.37. The van der Waals surface area contributed by atoms with Crippen LogP contribution in [0.5, 0.6) is 5.75 Å². The fourth-order valence-corrected chi connectivity index (χ4v) is 7.17. The summed E-state index contributed by atoms with van der Waals surface area (Å²) in [5, 5.41) is 21.4. The second-order valence-electron chi connectivity index (χ2n) is 12.4. The minimum Gasteiger partial charge on any atom is -0.488 e. The summed E-state index contributed by atoms with van der Waals surface area (Å²) in [6, 6.07) is 18.7. The van der Waals surface area contributed by atoms with E-state index < -0.39 is 21.7 Å². The molecule has 3 aromatic carbocycles. The molecule has 2 N–H and O–H groups in total.